The number of rotatable bonds is 6. The van der Waals surface area contributed by atoms with Gasteiger partial charge in [0.15, 0.2) is 23.0 Å². The maximum atomic E-state index is 12.4. The molecule has 0 saturated heterocycles. The summed E-state index contributed by atoms with van der Waals surface area (Å²) in [6.45, 7) is 0. The Morgan fingerprint density at radius 1 is 0.815 bits per heavy atom. The van der Waals surface area contributed by atoms with Crippen LogP contribution in [0.2, 0.25) is 0 Å². The molecule has 0 aliphatic carbocycles. The first-order valence-electron chi connectivity index (χ1n) is 8.20. The Morgan fingerprint density at radius 2 is 1.52 bits per heavy atom. The van der Waals surface area contributed by atoms with Crippen molar-refractivity contribution in [1.29, 1.82) is 0 Å². The normalized spacial score (nSPS) is 15.0. The van der Waals surface area contributed by atoms with Crippen molar-refractivity contribution in [3.8, 4) is 17.2 Å². The van der Waals surface area contributed by atoms with Crippen LogP contribution in [-0.2, 0) is 14.3 Å². The quantitative estimate of drug-likeness (QED) is 0.725. The second kappa shape index (κ2) is 7.86. The second-order valence-electron chi connectivity index (χ2n) is 5.65. The molecule has 0 bridgehead atoms. The molecule has 0 N–H and O–H groups in total. The largest absolute Gasteiger partial charge is 0.497 e. The van der Waals surface area contributed by atoms with E-state index in [1.807, 2.05) is 6.07 Å². The van der Waals surface area contributed by atoms with Gasteiger partial charge >= 0.3 is 5.97 Å². The summed E-state index contributed by atoms with van der Waals surface area (Å²) >= 11 is 0. The number of benzene rings is 2. The van der Waals surface area contributed by atoms with E-state index in [-0.39, 0.29) is 0 Å². The van der Waals surface area contributed by atoms with Crippen LogP contribution in [0.5, 0.6) is 17.2 Å². The molecule has 0 spiro atoms. The monoisotopic (exact) mass is 368 g/mol. The smallest absolute Gasteiger partial charge is 0.348 e. The van der Waals surface area contributed by atoms with E-state index in [9.17, 15) is 4.79 Å². The third-order valence-corrected chi connectivity index (χ3v) is 4.15. The molecule has 1 heterocycles. The third kappa shape index (κ3) is 3.60. The van der Waals surface area contributed by atoms with Gasteiger partial charge < -0.3 is 23.7 Å². The molecule has 140 valence electrons. The van der Waals surface area contributed by atoms with Crippen molar-refractivity contribution < 1.29 is 28.5 Å². The number of carbonyl (C=O) groups is 1. The minimum Gasteiger partial charge on any atom is -0.497 e. The Balaban J connectivity index is 2.02. The van der Waals surface area contributed by atoms with Crippen LogP contribution in [0.1, 0.15) is 11.1 Å². The summed E-state index contributed by atoms with van der Waals surface area (Å²) in [5, 5.41) is 0. The highest BCUT2D eigenvalue weighted by atomic mass is 16.6. The van der Waals surface area contributed by atoms with Gasteiger partial charge in [-0.2, -0.15) is 0 Å². The van der Waals surface area contributed by atoms with Gasteiger partial charge in [0.1, 0.15) is 11.3 Å². The van der Waals surface area contributed by atoms with Gasteiger partial charge in [0.25, 0.3) is 0 Å². The number of hydrogen-bond donors (Lipinski definition) is 0. The van der Waals surface area contributed by atoms with Gasteiger partial charge in [0.2, 0.25) is 0 Å². The van der Waals surface area contributed by atoms with E-state index < -0.39 is 5.97 Å². The minimum absolute atomic E-state index is 0.334. The average molecular weight is 368 g/mol. The number of methoxy groups -OCH3 is 4. The van der Waals surface area contributed by atoms with Crippen molar-refractivity contribution >= 4 is 17.6 Å². The lowest BCUT2D eigenvalue weighted by Gasteiger charge is -2.08. The van der Waals surface area contributed by atoms with E-state index in [1.165, 1.54) is 7.11 Å². The highest BCUT2D eigenvalue weighted by Crippen LogP contribution is 2.36. The maximum absolute atomic E-state index is 12.4. The highest BCUT2D eigenvalue weighted by molar-refractivity contribution is 6.21. The average Bonchev–Trinajstić information content (AvgIpc) is 3.02. The van der Waals surface area contributed by atoms with Crippen LogP contribution in [0.25, 0.3) is 11.6 Å². The zero-order valence-electron chi connectivity index (χ0n) is 15.6. The number of esters is 1. The van der Waals surface area contributed by atoms with Crippen molar-refractivity contribution in [2.24, 2.45) is 0 Å². The van der Waals surface area contributed by atoms with Gasteiger partial charge in [0.05, 0.1) is 28.4 Å². The maximum Gasteiger partial charge on any atom is 0.348 e. The van der Waals surface area contributed by atoms with Crippen molar-refractivity contribution in [1.82, 2.24) is 0 Å². The number of hydrogen-bond acceptors (Lipinski definition) is 6. The summed E-state index contributed by atoms with van der Waals surface area (Å²) in [5.74, 6) is 2.13. The van der Waals surface area contributed by atoms with E-state index >= 15 is 0 Å². The lowest BCUT2D eigenvalue weighted by Crippen LogP contribution is -1.98. The van der Waals surface area contributed by atoms with Crippen LogP contribution in [0.15, 0.2) is 54.0 Å². The predicted molar refractivity (Wildman–Crippen MR) is 101 cm³/mol. The van der Waals surface area contributed by atoms with Crippen LogP contribution in [0.4, 0.5) is 0 Å². The molecule has 3 rings (SSSR count). The predicted octanol–water partition coefficient (Wildman–Crippen LogP) is 3.67. The summed E-state index contributed by atoms with van der Waals surface area (Å²) in [6.07, 6.45) is 1.72. The topological polar surface area (TPSA) is 63.2 Å². The molecular formula is C21H20O6. The molecule has 0 unspecified atom stereocenters. The zero-order valence-corrected chi connectivity index (χ0v) is 15.6. The van der Waals surface area contributed by atoms with Crippen molar-refractivity contribution in [2.75, 3.05) is 28.4 Å². The molecule has 27 heavy (non-hydrogen) atoms. The first-order valence-corrected chi connectivity index (χ1v) is 8.20. The molecule has 0 aromatic heterocycles. The van der Waals surface area contributed by atoms with E-state index in [0.717, 1.165) is 5.56 Å². The number of cyclic esters (lactones) is 1. The van der Waals surface area contributed by atoms with Crippen LogP contribution < -0.4 is 14.2 Å². The molecule has 0 saturated carbocycles. The van der Waals surface area contributed by atoms with E-state index in [4.69, 9.17) is 23.7 Å². The van der Waals surface area contributed by atoms with Gasteiger partial charge in [-0.1, -0.05) is 18.2 Å². The molecule has 2 aromatic rings. The van der Waals surface area contributed by atoms with Crippen molar-refractivity contribution in [3.05, 3.63) is 65.1 Å². The fourth-order valence-electron chi connectivity index (χ4n) is 2.81. The zero-order chi connectivity index (χ0) is 19.4. The summed E-state index contributed by atoms with van der Waals surface area (Å²) in [5.41, 5.74) is 1.83. The first-order chi connectivity index (χ1) is 13.1. The lowest BCUT2D eigenvalue weighted by molar-refractivity contribution is -0.131. The molecule has 6 heteroatoms. The Hall–Kier alpha value is -3.41. The molecule has 0 radical (unpaired) electrons. The SMILES string of the molecule is COC1=C(c2ccc(OC)cc2)C(=O)O/C1=C\c1ccc(OC)c(OC)c1. The molecular weight excluding hydrogens is 348 g/mol. The molecule has 1 aliphatic rings. The van der Waals surface area contributed by atoms with Gasteiger partial charge in [-0.05, 0) is 41.5 Å². The summed E-state index contributed by atoms with van der Waals surface area (Å²) in [4.78, 5) is 12.4. The van der Waals surface area contributed by atoms with Gasteiger partial charge in [-0.3, -0.25) is 0 Å². The summed E-state index contributed by atoms with van der Waals surface area (Å²) in [6, 6.07) is 12.5. The van der Waals surface area contributed by atoms with Gasteiger partial charge in [-0.15, -0.1) is 0 Å². The Morgan fingerprint density at radius 3 is 2.11 bits per heavy atom. The van der Waals surface area contributed by atoms with Crippen LogP contribution in [0, 0.1) is 0 Å². The summed E-state index contributed by atoms with van der Waals surface area (Å²) < 4.78 is 26.6. The van der Waals surface area contributed by atoms with Crippen LogP contribution in [0.3, 0.4) is 0 Å². The summed E-state index contributed by atoms with van der Waals surface area (Å²) in [7, 11) is 6.22. The van der Waals surface area contributed by atoms with Crippen molar-refractivity contribution in [2.45, 2.75) is 0 Å². The lowest BCUT2D eigenvalue weighted by atomic mass is 10.0. The van der Waals surface area contributed by atoms with E-state index in [2.05, 4.69) is 0 Å². The molecule has 0 fully saturated rings. The molecule has 0 amide bonds. The molecule has 0 atom stereocenters. The molecule has 1 aliphatic heterocycles. The van der Waals surface area contributed by atoms with Gasteiger partial charge in [-0.25, -0.2) is 4.79 Å². The standard InChI is InChI=1S/C21H20O6/c1-23-15-8-6-14(7-9-15)19-20(26-4)18(27-21(19)22)12-13-5-10-16(24-2)17(11-13)25-3/h5-12H,1-4H3/b18-12-. The van der Waals surface area contributed by atoms with Crippen molar-refractivity contribution in [3.63, 3.8) is 0 Å². The number of ether oxygens (including phenoxy) is 5. The fraction of sp³-hybridized carbons (Fsp3) is 0.190. The van der Waals surface area contributed by atoms with Crippen LogP contribution >= 0.6 is 0 Å². The van der Waals surface area contributed by atoms with Gasteiger partial charge in [0, 0.05) is 0 Å². The van der Waals surface area contributed by atoms with Crippen LogP contribution in [-0.4, -0.2) is 34.4 Å². The second-order valence-corrected chi connectivity index (χ2v) is 5.65. The highest BCUT2D eigenvalue weighted by Gasteiger charge is 2.32. The Labute approximate surface area is 157 Å². The minimum atomic E-state index is -0.469. The number of carbonyl (C=O) groups excluding carboxylic acids is 1. The third-order valence-electron chi connectivity index (χ3n) is 4.15. The van der Waals surface area contributed by atoms with E-state index in [0.29, 0.717) is 39.9 Å². The molecule has 2 aromatic carbocycles. The Kier molecular flexibility index (Phi) is 5.35. The molecule has 6 nitrogen and oxygen atoms in total. The Bertz CT molecular complexity index is 909. The first kappa shape index (κ1) is 18.4. The van der Waals surface area contributed by atoms with E-state index in [1.54, 1.807) is 63.8 Å². The fourth-order valence-corrected chi connectivity index (χ4v) is 2.81.